The van der Waals surface area contributed by atoms with E-state index in [9.17, 15) is 14.4 Å². The number of ether oxygens (including phenoxy) is 2. The molecule has 0 aromatic heterocycles. The minimum atomic E-state index is -0.281. The largest absolute Gasteiger partial charge is 0.493 e. The Kier molecular flexibility index (Phi) is 8.70. The van der Waals surface area contributed by atoms with Crippen LogP contribution in [0, 0.1) is 5.92 Å². The molecular formula is C27H37NO5. The molecule has 6 nitrogen and oxygen atoms in total. The molecular weight excluding hydrogens is 418 g/mol. The summed E-state index contributed by atoms with van der Waals surface area (Å²) in [5.74, 6) is 1.04. The molecule has 2 amide bonds. The molecule has 0 bridgehead atoms. The topological polar surface area (TPSA) is 72.9 Å². The highest BCUT2D eigenvalue weighted by atomic mass is 16.5. The number of fused-ring (bicyclic) bond motifs is 3. The second kappa shape index (κ2) is 11.5. The highest BCUT2D eigenvalue weighted by Crippen LogP contribution is 2.50. The summed E-state index contributed by atoms with van der Waals surface area (Å²) in [7, 11) is 0. The molecule has 1 aliphatic carbocycles. The molecule has 1 aromatic carbocycles. The first-order valence-corrected chi connectivity index (χ1v) is 12.4. The Balaban J connectivity index is 1.96. The Hall–Kier alpha value is -2.63. The van der Waals surface area contributed by atoms with Crippen molar-refractivity contribution in [3.8, 4) is 11.5 Å². The number of nitrogens with zero attached hydrogens (tertiary/aromatic N) is 1. The maximum Gasteiger partial charge on any atom is 0.310 e. The lowest BCUT2D eigenvalue weighted by Crippen LogP contribution is -2.47. The van der Waals surface area contributed by atoms with E-state index >= 15 is 0 Å². The number of amides is 2. The summed E-state index contributed by atoms with van der Waals surface area (Å²) in [5, 5.41) is 0. The molecule has 0 N–H and O–H groups in total. The van der Waals surface area contributed by atoms with Gasteiger partial charge in [0.25, 0.3) is 0 Å². The normalized spacial score (nSPS) is 21.6. The van der Waals surface area contributed by atoms with Crippen LogP contribution in [0.2, 0.25) is 0 Å². The van der Waals surface area contributed by atoms with Crippen LogP contribution < -0.4 is 9.47 Å². The number of rotatable bonds is 8. The van der Waals surface area contributed by atoms with E-state index in [1.165, 1.54) is 11.8 Å². The van der Waals surface area contributed by atoms with Gasteiger partial charge >= 0.3 is 5.97 Å². The summed E-state index contributed by atoms with van der Waals surface area (Å²) in [6.45, 7) is 7.77. The van der Waals surface area contributed by atoms with Gasteiger partial charge in [0.2, 0.25) is 11.8 Å². The molecule has 180 valence electrons. The number of allylic oxidation sites excluding steroid dienone is 2. The second-order valence-electron chi connectivity index (χ2n) is 9.08. The maximum absolute atomic E-state index is 12.5. The highest BCUT2D eigenvalue weighted by molar-refractivity contribution is 5.94. The van der Waals surface area contributed by atoms with Gasteiger partial charge in [-0.25, -0.2) is 0 Å². The average Bonchev–Trinajstić information content (AvgIpc) is 2.81. The van der Waals surface area contributed by atoms with Gasteiger partial charge in [0, 0.05) is 37.3 Å². The van der Waals surface area contributed by atoms with Crippen LogP contribution >= 0.6 is 0 Å². The van der Waals surface area contributed by atoms with Crippen LogP contribution in [-0.4, -0.2) is 35.3 Å². The van der Waals surface area contributed by atoms with E-state index in [1.807, 2.05) is 6.07 Å². The average molecular weight is 456 g/mol. The molecule has 1 saturated carbocycles. The lowest BCUT2D eigenvalue weighted by Gasteiger charge is -2.43. The molecule has 1 heterocycles. The molecule has 6 heteroatoms. The van der Waals surface area contributed by atoms with Gasteiger partial charge in [0.1, 0.15) is 11.5 Å². The third-order valence-electron chi connectivity index (χ3n) is 6.72. The van der Waals surface area contributed by atoms with E-state index in [2.05, 4.69) is 25.1 Å². The maximum atomic E-state index is 12.5. The van der Waals surface area contributed by atoms with E-state index in [0.29, 0.717) is 25.2 Å². The molecule has 0 saturated heterocycles. The van der Waals surface area contributed by atoms with Crippen molar-refractivity contribution in [2.24, 2.45) is 5.92 Å². The third-order valence-corrected chi connectivity index (χ3v) is 6.72. The van der Waals surface area contributed by atoms with E-state index in [-0.39, 0.29) is 42.1 Å². The number of benzene rings is 1. The van der Waals surface area contributed by atoms with E-state index < -0.39 is 0 Å². The summed E-state index contributed by atoms with van der Waals surface area (Å²) < 4.78 is 12.0. The van der Waals surface area contributed by atoms with Crippen LogP contribution in [0.3, 0.4) is 0 Å². The van der Waals surface area contributed by atoms with E-state index in [4.69, 9.17) is 9.47 Å². The fourth-order valence-electron chi connectivity index (χ4n) is 5.04. The second-order valence-corrected chi connectivity index (χ2v) is 9.08. The van der Waals surface area contributed by atoms with Gasteiger partial charge in [-0.05, 0) is 55.7 Å². The van der Waals surface area contributed by atoms with Crippen LogP contribution in [0.1, 0.15) is 89.7 Å². The first-order chi connectivity index (χ1) is 15.9. The number of imide groups is 1. The number of hydrogen-bond acceptors (Lipinski definition) is 5. The molecule has 3 atom stereocenters. The Labute approximate surface area is 197 Å². The van der Waals surface area contributed by atoms with Crippen molar-refractivity contribution < 1.29 is 23.9 Å². The third kappa shape index (κ3) is 5.84. The quantitative estimate of drug-likeness (QED) is 0.301. The molecule has 0 spiro atoms. The van der Waals surface area contributed by atoms with Crippen LogP contribution in [0.25, 0.3) is 0 Å². The van der Waals surface area contributed by atoms with Crippen molar-refractivity contribution >= 4 is 17.8 Å². The van der Waals surface area contributed by atoms with Crippen LogP contribution in [0.4, 0.5) is 0 Å². The van der Waals surface area contributed by atoms with Gasteiger partial charge in [0.05, 0.1) is 6.61 Å². The minimum Gasteiger partial charge on any atom is -0.493 e. The lowest BCUT2D eigenvalue weighted by molar-refractivity contribution is -0.147. The van der Waals surface area contributed by atoms with Crippen molar-refractivity contribution in [1.82, 2.24) is 4.90 Å². The summed E-state index contributed by atoms with van der Waals surface area (Å²) in [6.07, 6.45) is 10.1. The van der Waals surface area contributed by atoms with Crippen LogP contribution in [0.15, 0.2) is 24.3 Å². The Morgan fingerprint density at radius 2 is 1.91 bits per heavy atom. The molecule has 2 aliphatic rings. The van der Waals surface area contributed by atoms with Crippen molar-refractivity contribution in [1.29, 1.82) is 0 Å². The zero-order chi connectivity index (χ0) is 24.0. The van der Waals surface area contributed by atoms with Crippen molar-refractivity contribution in [2.75, 3.05) is 6.61 Å². The van der Waals surface area contributed by atoms with Gasteiger partial charge in [0.15, 0.2) is 0 Å². The van der Waals surface area contributed by atoms with E-state index in [1.54, 1.807) is 13.8 Å². The van der Waals surface area contributed by atoms with Crippen molar-refractivity contribution in [2.45, 2.75) is 91.0 Å². The predicted molar refractivity (Wildman–Crippen MR) is 127 cm³/mol. The van der Waals surface area contributed by atoms with Crippen LogP contribution in [-0.2, 0) is 20.8 Å². The molecule has 1 aromatic rings. The van der Waals surface area contributed by atoms with Gasteiger partial charge in [-0.1, -0.05) is 39.3 Å². The first kappa shape index (κ1) is 25.0. The number of carbonyl (C=O) groups is 3. The zero-order valence-corrected chi connectivity index (χ0v) is 20.4. The van der Waals surface area contributed by atoms with Crippen molar-refractivity contribution in [3.63, 3.8) is 0 Å². The SMILES string of the molecule is CCC/C=C\Cc1cc2c(c(OC(=O)CC)c1)C1CC(N(C(C)=O)C(=O)CC)CCC1CO2. The fourth-order valence-corrected chi connectivity index (χ4v) is 5.04. The van der Waals surface area contributed by atoms with Gasteiger partial charge in [-0.2, -0.15) is 0 Å². The van der Waals surface area contributed by atoms with Gasteiger partial charge in [-0.15, -0.1) is 0 Å². The van der Waals surface area contributed by atoms with Crippen LogP contribution in [0.5, 0.6) is 11.5 Å². The Morgan fingerprint density at radius 1 is 1.12 bits per heavy atom. The summed E-state index contributed by atoms with van der Waals surface area (Å²) in [6, 6.07) is 3.86. The molecule has 1 fully saturated rings. The molecule has 33 heavy (non-hydrogen) atoms. The standard InChI is InChI=1S/C27H37NO5/c1-5-8-9-10-11-19-14-23-27(24(15-19)33-26(31)7-3)22-16-21(13-12-20(22)17-32-23)28(18(4)29)25(30)6-2/h9-10,14-15,20-22H,5-8,11-13,16-17H2,1-4H3/b10-9-. The zero-order valence-electron chi connectivity index (χ0n) is 20.4. The lowest BCUT2D eigenvalue weighted by atomic mass is 9.71. The molecule has 1 aliphatic heterocycles. The van der Waals surface area contributed by atoms with Crippen molar-refractivity contribution in [3.05, 3.63) is 35.4 Å². The Bertz CT molecular complexity index is 906. The summed E-state index contributed by atoms with van der Waals surface area (Å²) in [4.78, 5) is 38.5. The van der Waals surface area contributed by atoms with E-state index in [0.717, 1.165) is 49.0 Å². The molecule has 0 radical (unpaired) electrons. The number of esters is 1. The number of unbranched alkanes of at least 4 members (excludes halogenated alkanes) is 1. The monoisotopic (exact) mass is 455 g/mol. The fraction of sp³-hybridized carbons (Fsp3) is 0.593. The predicted octanol–water partition coefficient (Wildman–Crippen LogP) is 5.33. The molecule has 3 rings (SSSR count). The number of carbonyl (C=O) groups excluding carboxylic acids is 3. The molecule has 3 unspecified atom stereocenters. The minimum absolute atomic E-state index is 0.0725. The summed E-state index contributed by atoms with van der Waals surface area (Å²) in [5.41, 5.74) is 1.95. The Morgan fingerprint density at radius 3 is 2.58 bits per heavy atom. The number of hydrogen-bond donors (Lipinski definition) is 0. The highest BCUT2D eigenvalue weighted by Gasteiger charge is 2.42. The van der Waals surface area contributed by atoms with Gasteiger partial charge in [-0.3, -0.25) is 19.3 Å². The van der Waals surface area contributed by atoms with Gasteiger partial charge < -0.3 is 9.47 Å². The summed E-state index contributed by atoms with van der Waals surface area (Å²) >= 11 is 0. The smallest absolute Gasteiger partial charge is 0.310 e. The first-order valence-electron chi connectivity index (χ1n) is 12.4.